The summed E-state index contributed by atoms with van der Waals surface area (Å²) in [4.78, 5) is 19.0. The topological polar surface area (TPSA) is 41.9 Å². The van der Waals surface area contributed by atoms with Crippen molar-refractivity contribution in [1.82, 2.24) is 4.90 Å². The van der Waals surface area contributed by atoms with Gasteiger partial charge in [0.05, 0.1) is 11.6 Å². The highest BCUT2D eigenvalue weighted by atomic mass is 16.6. The van der Waals surface area contributed by atoms with E-state index in [9.17, 15) is 4.79 Å². The van der Waals surface area contributed by atoms with Gasteiger partial charge in [0.15, 0.2) is 0 Å². The average molecular weight is 274 g/mol. The molecule has 1 heterocycles. The molecule has 1 aliphatic heterocycles. The van der Waals surface area contributed by atoms with E-state index in [0.717, 1.165) is 11.3 Å². The maximum Gasteiger partial charge on any atom is 0.266 e. The van der Waals surface area contributed by atoms with Crippen LogP contribution < -0.4 is 0 Å². The fourth-order valence-corrected chi connectivity index (χ4v) is 2.80. The van der Waals surface area contributed by atoms with Gasteiger partial charge in [-0.1, -0.05) is 29.8 Å². The van der Waals surface area contributed by atoms with E-state index in [1.54, 1.807) is 19.0 Å². The van der Waals surface area contributed by atoms with Gasteiger partial charge < -0.3 is 9.74 Å². The number of nitrogens with zero attached hydrogens (tertiary/aromatic N) is 2. The zero-order valence-electron chi connectivity index (χ0n) is 13.0. The van der Waals surface area contributed by atoms with Gasteiger partial charge in [0.25, 0.3) is 5.91 Å². The molecule has 0 bridgehead atoms. The van der Waals surface area contributed by atoms with E-state index >= 15 is 0 Å². The van der Waals surface area contributed by atoms with Gasteiger partial charge in [-0.25, -0.2) is 0 Å². The molecule has 1 aliphatic rings. The molecule has 2 atom stereocenters. The Morgan fingerprint density at radius 1 is 1.20 bits per heavy atom. The highest BCUT2D eigenvalue weighted by molar-refractivity contribution is 6.07. The van der Waals surface area contributed by atoms with Crippen molar-refractivity contribution < 1.29 is 9.63 Å². The minimum Gasteiger partial charge on any atom is -0.381 e. The highest BCUT2D eigenvalue weighted by Crippen LogP contribution is 2.28. The van der Waals surface area contributed by atoms with Crippen LogP contribution in [0.1, 0.15) is 29.2 Å². The van der Waals surface area contributed by atoms with Gasteiger partial charge in [0.1, 0.15) is 0 Å². The van der Waals surface area contributed by atoms with Crippen LogP contribution in [-0.2, 0) is 9.63 Å². The number of benzene rings is 1. The first-order valence-electron chi connectivity index (χ1n) is 6.86. The van der Waals surface area contributed by atoms with E-state index in [1.165, 1.54) is 16.7 Å². The minimum absolute atomic E-state index is 0.0370. The molecule has 0 aromatic heterocycles. The van der Waals surface area contributed by atoms with Gasteiger partial charge in [-0.2, -0.15) is 0 Å². The Labute approximate surface area is 120 Å². The quantitative estimate of drug-likeness (QED) is 0.831. The van der Waals surface area contributed by atoms with E-state index in [-0.39, 0.29) is 11.8 Å². The molecular formula is C16H22N2O2. The van der Waals surface area contributed by atoms with Crippen molar-refractivity contribution in [2.24, 2.45) is 11.1 Å². The van der Waals surface area contributed by atoms with Crippen LogP contribution in [0.5, 0.6) is 0 Å². The van der Waals surface area contributed by atoms with E-state index in [2.05, 4.69) is 38.1 Å². The maximum absolute atomic E-state index is 12.1. The van der Waals surface area contributed by atoms with Crippen LogP contribution in [0, 0.1) is 26.7 Å². The van der Waals surface area contributed by atoms with E-state index in [1.807, 2.05) is 6.92 Å². The summed E-state index contributed by atoms with van der Waals surface area (Å²) >= 11 is 0. The lowest BCUT2D eigenvalue weighted by atomic mass is 9.88. The molecule has 108 valence electrons. The molecule has 2 rings (SSSR count). The first-order chi connectivity index (χ1) is 9.32. The normalized spacial score (nSPS) is 21.4. The Kier molecular flexibility index (Phi) is 3.84. The number of hydrogen-bond acceptors (Lipinski definition) is 3. The third kappa shape index (κ3) is 2.42. The van der Waals surface area contributed by atoms with Crippen LogP contribution in [0.2, 0.25) is 0 Å². The summed E-state index contributed by atoms with van der Waals surface area (Å²) in [5.41, 5.74) is 5.57. The smallest absolute Gasteiger partial charge is 0.266 e. The van der Waals surface area contributed by atoms with Crippen LogP contribution in [-0.4, -0.2) is 36.7 Å². The Hall–Kier alpha value is -1.84. The maximum atomic E-state index is 12.1. The first-order valence-corrected chi connectivity index (χ1v) is 6.86. The minimum atomic E-state index is -0.514. The number of likely N-dealkylation sites (N-methyl/N-ethyl adjacent to an activating group) is 1. The summed E-state index contributed by atoms with van der Waals surface area (Å²) in [6.07, 6.45) is -0.514. The monoisotopic (exact) mass is 274 g/mol. The zero-order valence-corrected chi connectivity index (χ0v) is 13.0. The lowest BCUT2D eigenvalue weighted by molar-refractivity contribution is -0.141. The Balaban J connectivity index is 2.35. The van der Waals surface area contributed by atoms with E-state index in [4.69, 9.17) is 4.84 Å². The van der Waals surface area contributed by atoms with Gasteiger partial charge in [-0.3, -0.25) is 4.79 Å². The van der Waals surface area contributed by atoms with Gasteiger partial charge in [-0.15, -0.1) is 0 Å². The van der Waals surface area contributed by atoms with Crippen LogP contribution in [0.3, 0.4) is 0 Å². The van der Waals surface area contributed by atoms with Crippen molar-refractivity contribution >= 4 is 11.6 Å². The number of rotatable bonds is 2. The van der Waals surface area contributed by atoms with Crippen molar-refractivity contribution in [1.29, 1.82) is 0 Å². The number of amides is 1. The largest absolute Gasteiger partial charge is 0.381 e. The molecule has 4 nitrogen and oxygen atoms in total. The van der Waals surface area contributed by atoms with Crippen molar-refractivity contribution in [2.75, 3.05) is 14.1 Å². The molecule has 0 N–H and O–H groups in total. The van der Waals surface area contributed by atoms with Gasteiger partial charge in [0.2, 0.25) is 6.10 Å². The SMILES string of the molecule is Cc1cc(C)c(C2=NO[C@@H](C(=O)N(C)C)[C@@H]2C)c(C)c1. The number of carbonyl (C=O) groups is 1. The van der Waals surface area contributed by atoms with Crippen LogP contribution in [0.15, 0.2) is 17.3 Å². The van der Waals surface area contributed by atoms with E-state index < -0.39 is 6.10 Å². The summed E-state index contributed by atoms with van der Waals surface area (Å²) in [6, 6.07) is 4.28. The van der Waals surface area contributed by atoms with Gasteiger partial charge in [0, 0.05) is 19.7 Å². The fourth-order valence-electron chi connectivity index (χ4n) is 2.80. The third-order valence-electron chi connectivity index (χ3n) is 3.77. The summed E-state index contributed by atoms with van der Waals surface area (Å²) in [7, 11) is 3.47. The fraction of sp³-hybridized carbons (Fsp3) is 0.500. The number of carbonyl (C=O) groups excluding carboxylic acids is 1. The van der Waals surface area contributed by atoms with Crippen molar-refractivity contribution in [3.8, 4) is 0 Å². The zero-order chi connectivity index (χ0) is 15.0. The highest BCUT2D eigenvalue weighted by Gasteiger charge is 2.38. The van der Waals surface area contributed by atoms with Crippen molar-refractivity contribution in [3.63, 3.8) is 0 Å². The predicted molar refractivity (Wildman–Crippen MR) is 79.9 cm³/mol. The van der Waals surface area contributed by atoms with E-state index in [0.29, 0.717) is 0 Å². The molecule has 4 heteroatoms. The molecule has 1 amide bonds. The standard InChI is InChI=1S/C16H22N2O2/c1-9-7-10(2)13(11(3)8-9)14-12(4)15(20-17-14)16(19)18(5)6/h7-8,12,15H,1-6H3/t12-,15-/m1/s1. The molecule has 1 aromatic rings. The number of hydrogen-bond donors (Lipinski definition) is 0. The predicted octanol–water partition coefficient (Wildman–Crippen LogP) is 2.44. The molecule has 0 aliphatic carbocycles. The number of oxime groups is 1. The van der Waals surface area contributed by atoms with Gasteiger partial charge in [-0.05, 0) is 31.9 Å². The van der Waals surface area contributed by atoms with Crippen molar-refractivity contribution in [3.05, 3.63) is 34.4 Å². The molecule has 0 radical (unpaired) electrons. The molecule has 20 heavy (non-hydrogen) atoms. The molecule has 0 unspecified atom stereocenters. The Morgan fingerprint density at radius 3 is 2.25 bits per heavy atom. The average Bonchev–Trinajstić information content (AvgIpc) is 2.69. The molecule has 0 saturated heterocycles. The second kappa shape index (κ2) is 5.27. The first kappa shape index (κ1) is 14.6. The van der Waals surface area contributed by atoms with Crippen molar-refractivity contribution in [2.45, 2.75) is 33.8 Å². The summed E-state index contributed by atoms with van der Waals surface area (Å²) in [5, 5.41) is 4.19. The molecule has 0 fully saturated rings. The Bertz CT molecular complexity index is 553. The summed E-state index contributed by atoms with van der Waals surface area (Å²) in [5.74, 6) is -0.0799. The number of aryl methyl sites for hydroxylation is 3. The summed E-state index contributed by atoms with van der Waals surface area (Å²) < 4.78 is 0. The summed E-state index contributed by atoms with van der Waals surface area (Å²) in [6.45, 7) is 8.23. The second-order valence-electron chi connectivity index (χ2n) is 5.80. The van der Waals surface area contributed by atoms with Crippen LogP contribution in [0.25, 0.3) is 0 Å². The van der Waals surface area contributed by atoms with Gasteiger partial charge >= 0.3 is 0 Å². The lowest BCUT2D eigenvalue weighted by Gasteiger charge is -2.19. The van der Waals surface area contributed by atoms with Crippen LogP contribution >= 0.6 is 0 Å². The molecule has 1 aromatic carbocycles. The second-order valence-corrected chi connectivity index (χ2v) is 5.80. The lowest BCUT2D eigenvalue weighted by Crippen LogP contribution is -2.38. The third-order valence-corrected chi connectivity index (χ3v) is 3.77. The molecule has 0 spiro atoms. The molecule has 0 saturated carbocycles. The van der Waals surface area contributed by atoms with Crippen LogP contribution in [0.4, 0.5) is 0 Å². The Morgan fingerprint density at radius 2 is 1.75 bits per heavy atom. The molecular weight excluding hydrogens is 252 g/mol.